The van der Waals surface area contributed by atoms with Gasteiger partial charge in [-0.15, -0.1) is 0 Å². The minimum Gasteiger partial charge on any atom is -0.481 e. The Morgan fingerprint density at radius 1 is 1.50 bits per heavy atom. The number of carbonyl (C=O) groups excluding carboxylic acids is 1. The molecule has 0 spiro atoms. The highest BCUT2D eigenvalue weighted by Crippen LogP contribution is 2.20. The molecule has 4 heteroatoms. The molecule has 1 aliphatic heterocycles. The Morgan fingerprint density at radius 3 is 2.50 bits per heavy atom. The molecule has 1 fully saturated rings. The summed E-state index contributed by atoms with van der Waals surface area (Å²) < 4.78 is 0. The summed E-state index contributed by atoms with van der Waals surface area (Å²) in [5.41, 5.74) is 0. The van der Waals surface area contributed by atoms with Gasteiger partial charge in [-0.1, -0.05) is 20.3 Å². The molecule has 1 rings (SSSR count). The van der Waals surface area contributed by atoms with Crippen LogP contribution in [0.15, 0.2) is 0 Å². The Balaban J connectivity index is 2.32. The van der Waals surface area contributed by atoms with E-state index < -0.39 is 5.97 Å². The number of carboxylic acids is 1. The lowest BCUT2D eigenvalue weighted by Gasteiger charge is -2.38. The highest BCUT2D eigenvalue weighted by molar-refractivity contribution is 5.82. The lowest BCUT2D eigenvalue weighted by molar-refractivity contribution is -0.154. The van der Waals surface area contributed by atoms with E-state index in [0.717, 1.165) is 12.8 Å². The molecular weight excluding hydrogens is 182 g/mol. The number of carbonyl (C=O) groups is 2. The van der Waals surface area contributed by atoms with Crippen LogP contribution < -0.4 is 0 Å². The van der Waals surface area contributed by atoms with Gasteiger partial charge in [-0.2, -0.15) is 0 Å². The molecule has 0 aliphatic carbocycles. The summed E-state index contributed by atoms with van der Waals surface area (Å²) in [6.45, 7) is 4.73. The van der Waals surface area contributed by atoms with Crippen molar-refractivity contribution in [1.29, 1.82) is 0 Å². The first-order chi connectivity index (χ1) is 6.56. The predicted molar refractivity (Wildman–Crippen MR) is 51.8 cm³/mol. The average Bonchev–Trinajstić information content (AvgIpc) is 2.00. The molecule has 1 unspecified atom stereocenters. The van der Waals surface area contributed by atoms with Gasteiger partial charge in [0.15, 0.2) is 0 Å². The lowest BCUT2D eigenvalue weighted by atomic mass is 9.96. The largest absolute Gasteiger partial charge is 0.481 e. The minimum absolute atomic E-state index is 0.0368. The summed E-state index contributed by atoms with van der Waals surface area (Å²) in [5, 5.41) is 8.64. The molecule has 0 saturated carbocycles. The van der Waals surface area contributed by atoms with Gasteiger partial charge in [0.25, 0.3) is 0 Å². The normalized spacial score (nSPS) is 18.9. The van der Waals surface area contributed by atoms with Crippen molar-refractivity contribution in [2.75, 3.05) is 13.1 Å². The molecule has 4 nitrogen and oxygen atoms in total. The first-order valence-electron chi connectivity index (χ1n) is 5.07. The summed E-state index contributed by atoms with van der Waals surface area (Å²) in [6, 6.07) is 0. The lowest BCUT2D eigenvalue weighted by Crippen LogP contribution is -2.54. The second-order valence-electron chi connectivity index (χ2n) is 3.97. The zero-order chi connectivity index (χ0) is 10.7. The fourth-order valence-electron chi connectivity index (χ4n) is 1.68. The Bertz CT molecular complexity index is 234. The van der Waals surface area contributed by atoms with Gasteiger partial charge in [-0.05, 0) is 6.42 Å². The maximum Gasteiger partial charge on any atom is 0.310 e. The van der Waals surface area contributed by atoms with Gasteiger partial charge in [0.1, 0.15) is 0 Å². The molecule has 14 heavy (non-hydrogen) atoms. The van der Waals surface area contributed by atoms with Gasteiger partial charge in [-0.3, -0.25) is 9.59 Å². The van der Waals surface area contributed by atoms with Crippen molar-refractivity contribution in [2.45, 2.75) is 26.7 Å². The number of carboxylic acid groups (broad SMARTS) is 1. The topological polar surface area (TPSA) is 57.6 Å². The van der Waals surface area contributed by atoms with Crippen LogP contribution in [0.4, 0.5) is 0 Å². The quantitative estimate of drug-likeness (QED) is 0.733. The smallest absolute Gasteiger partial charge is 0.310 e. The van der Waals surface area contributed by atoms with Crippen molar-refractivity contribution in [3.63, 3.8) is 0 Å². The Hall–Kier alpha value is -1.06. The van der Waals surface area contributed by atoms with Crippen molar-refractivity contribution >= 4 is 11.9 Å². The third-order valence-electron chi connectivity index (χ3n) is 2.69. The van der Waals surface area contributed by atoms with E-state index in [2.05, 4.69) is 0 Å². The third kappa shape index (κ3) is 2.25. The zero-order valence-electron chi connectivity index (χ0n) is 8.69. The number of amides is 1. The molecule has 1 aliphatic rings. The highest BCUT2D eigenvalue weighted by Gasteiger charge is 2.36. The summed E-state index contributed by atoms with van der Waals surface area (Å²) in [5.74, 6) is -0.996. The van der Waals surface area contributed by atoms with Gasteiger partial charge in [0.2, 0.25) is 5.91 Å². The van der Waals surface area contributed by atoms with E-state index in [0.29, 0.717) is 13.1 Å². The molecule has 1 saturated heterocycles. The maximum atomic E-state index is 11.6. The summed E-state index contributed by atoms with van der Waals surface area (Å²) >= 11 is 0. The Morgan fingerprint density at radius 2 is 2.07 bits per heavy atom. The van der Waals surface area contributed by atoms with Crippen LogP contribution in [0, 0.1) is 11.8 Å². The van der Waals surface area contributed by atoms with Gasteiger partial charge in [0.05, 0.1) is 5.92 Å². The third-order valence-corrected chi connectivity index (χ3v) is 2.69. The predicted octanol–water partition coefficient (Wildman–Crippen LogP) is 0.966. The van der Waals surface area contributed by atoms with Gasteiger partial charge in [-0.25, -0.2) is 0 Å². The SMILES string of the molecule is CCCC(C)C(=O)N1CC(C(=O)O)C1. The van der Waals surface area contributed by atoms with Crippen molar-refractivity contribution < 1.29 is 14.7 Å². The Kier molecular flexibility index (Phi) is 3.49. The number of aliphatic carboxylic acids is 1. The van der Waals surface area contributed by atoms with Gasteiger partial charge in [0, 0.05) is 19.0 Å². The maximum absolute atomic E-state index is 11.6. The average molecular weight is 199 g/mol. The van der Waals surface area contributed by atoms with E-state index >= 15 is 0 Å². The second kappa shape index (κ2) is 4.44. The van der Waals surface area contributed by atoms with E-state index in [1.54, 1.807) is 4.90 Å². The fourth-order valence-corrected chi connectivity index (χ4v) is 1.68. The van der Waals surface area contributed by atoms with E-state index in [9.17, 15) is 9.59 Å². The van der Waals surface area contributed by atoms with Crippen LogP contribution >= 0.6 is 0 Å². The van der Waals surface area contributed by atoms with Crippen LogP contribution in [0.2, 0.25) is 0 Å². The van der Waals surface area contributed by atoms with Crippen LogP contribution in [0.25, 0.3) is 0 Å². The summed E-state index contributed by atoms with van der Waals surface area (Å²) in [4.78, 5) is 23.8. The molecule has 0 aromatic rings. The summed E-state index contributed by atoms with van der Waals surface area (Å²) in [6.07, 6.45) is 1.87. The van der Waals surface area contributed by atoms with E-state index in [1.807, 2.05) is 13.8 Å². The second-order valence-corrected chi connectivity index (χ2v) is 3.97. The number of nitrogens with zero attached hydrogens (tertiary/aromatic N) is 1. The molecule has 1 N–H and O–H groups in total. The van der Waals surface area contributed by atoms with Crippen LogP contribution in [0.5, 0.6) is 0 Å². The van der Waals surface area contributed by atoms with E-state index in [4.69, 9.17) is 5.11 Å². The molecule has 1 amide bonds. The van der Waals surface area contributed by atoms with Crippen molar-refractivity contribution in [1.82, 2.24) is 4.90 Å². The monoisotopic (exact) mass is 199 g/mol. The molecule has 0 bridgehead atoms. The molecule has 80 valence electrons. The molecule has 1 heterocycles. The minimum atomic E-state index is -0.794. The number of hydrogen-bond donors (Lipinski definition) is 1. The molecule has 0 radical (unpaired) electrons. The Labute approximate surface area is 83.9 Å². The molecular formula is C10H17NO3. The van der Waals surface area contributed by atoms with Crippen molar-refractivity contribution in [2.24, 2.45) is 11.8 Å². The van der Waals surface area contributed by atoms with Crippen LogP contribution in [0.3, 0.4) is 0 Å². The van der Waals surface area contributed by atoms with Crippen molar-refractivity contribution in [3.8, 4) is 0 Å². The van der Waals surface area contributed by atoms with Gasteiger partial charge < -0.3 is 10.0 Å². The number of rotatable bonds is 4. The van der Waals surface area contributed by atoms with Crippen LogP contribution in [-0.2, 0) is 9.59 Å². The summed E-state index contributed by atoms with van der Waals surface area (Å²) in [7, 11) is 0. The molecule has 1 atom stereocenters. The van der Waals surface area contributed by atoms with Crippen LogP contribution in [-0.4, -0.2) is 35.0 Å². The van der Waals surface area contributed by atoms with E-state index in [-0.39, 0.29) is 17.7 Å². The molecule has 0 aromatic heterocycles. The van der Waals surface area contributed by atoms with Gasteiger partial charge >= 0.3 is 5.97 Å². The van der Waals surface area contributed by atoms with E-state index in [1.165, 1.54) is 0 Å². The number of hydrogen-bond acceptors (Lipinski definition) is 2. The van der Waals surface area contributed by atoms with Crippen LogP contribution in [0.1, 0.15) is 26.7 Å². The van der Waals surface area contributed by atoms with Crippen molar-refractivity contribution in [3.05, 3.63) is 0 Å². The first-order valence-corrected chi connectivity index (χ1v) is 5.07. The zero-order valence-corrected chi connectivity index (χ0v) is 8.69. The standard InChI is InChI=1S/C10H17NO3/c1-3-4-7(2)9(12)11-5-8(6-11)10(13)14/h7-8H,3-6H2,1-2H3,(H,13,14). The fraction of sp³-hybridized carbons (Fsp3) is 0.800. The highest BCUT2D eigenvalue weighted by atomic mass is 16.4. The number of likely N-dealkylation sites (tertiary alicyclic amines) is 1. The molecule has 0 aromatic carbocycles. The first kappa shape index (κ1) is 11.0.